The second-order valence-corrected chi connectivity index (χ2v) is 7.31. The fraction of sp³-hybridized carbons (Fsp3) is 0.211. The first-order chi connectivity index (χ1) is 13.8. The Morgan fingerprint density at radius 2 is 1.93 bits per heavy atom. The van der Waals surface area contributed by atoms with E-state index in [0.717, 1.165) is 11.3 Å². The van der Waals surface area contributed by atoms with Crippen molar-refractivity contribution in [3.05, 3.63) is 53.9 Å². The summed E-state index contributed by atoms with van der Waals surface area (Å²) in [6, 6.07) is 11.9. The molecule has 1 amide bonds. The topological polar surface area (TPSA) is 78.3 Å². The lowest BCUT2D eigenvalue weighted by molar-refractivity contribution is -0.286. The molecule has 2 aromatic carbocycles. The molecule has 0 fully saturated rings. The number of anilines is 1. The number of hydrogen-bond acceptors (Lipinski definition) is 6. The summed E-state index contributed by atoms with van der Waals surface area (Å²) in [5.41, 5.74) is 2.33. The Hall–Kier alpha value is -3.14. The molecule has 1 N–H and O–H groups in total. The van der Waals surface area contributed by atoms with Crippen molar-refractivity contribution in [1.29, 1.82) is 0 Å². The van der Waals surface area contributed by atoms with Crippen LogP contribution in [0.1, 0.15) is 11.4 Å². The van der Waals surface area contributed by atoms with E-state index < -0.39 is 6.29 Å². The van der Waals surface area contributed by atoms with Gasteiger partial charge in [0.25, 0.3) is 0 Å². The van der Waals surface area contributed by atoms with Crippen LogP contribution in [-0.2, 0) is 4.79 Å². The van der Waals surface area contributed by atoms with E-state index >= 15 is 0 Å². The molecule has 150 valence electrons. The molecule has 4 rings (SSSR count). The van der Waals surface area contributed by atoms with Crippen molar-refractivity contribution in [2.75, 3.05) is 11.1 Å². The molecule has 10 heteroatoms. The SMILES string of the molecule is Cc1cccc(-n2c(C)nnc2SCC(=O)Nc2ccc3c(c2)OC(F)(F)O3)c1. The van der Waals surface area contributed by atoms with Crippen LogP contribution in [-0.4, -0.2) is 32.7 Å². The largest absolute Gasteiger partial charge is 0.586 e. The molecule has 0 unspecified atom stereocenters. The van der Waals surface area contributed by atoms with E-state index in [-0.39, 0.29) is 23.2 Å². The van der Waals surface area contributed by atoms with Gasteiger partial charge in [-0.25, -0.2) is 0 Å². The number of amides is 1. The second-order valence-electron chi connectivity index (χ2n) is 6.37. The molecule has 0 radical (unpaired) electrons. The van der Waals surface area contributed by atoms with Crippen LogP contribution in [0.3, 0.4) is 0 Å². The van der Waals surface area contributed by atoms with Crippen LogP contribution in [0.15, 0.2) is 47.6 Å². The number of aromatic nitrogens is 3. The van der Waals surface area contributed by atoms with Crippen LogP contribution in [0.25, 0.3) is 5.69 Å². The highest BCUT2D eigenvalue weighted by molar-refractivity contribution is 7.99. The lowest BCUT2D eigenvalue weighted by atomic mass is 10.2. The second kappa shape index (κ2) is 7.36. The van der Waals surface area contributed by atoms with E-state index in [0.29, 0.717) is 16.7 Å². The third-order valence-corrected chi connectivity index (χ3v) is 5.00. The fourth-order valence-electron chi connectivity index (χ4n) is 2.85. The van der Waals surface area contributed by atoms with E-state index in [1.165, 1.54) is 30.0 Å². The molecule has 0 saturated heterocycles. The number of rotatable bonds is 5. The number of benzene rings is 2. The molecule has 1 aliphatic rings. The van der Waals surface area contributed by atoms with Gasteiger partial charge in [0, 0.05) is 17.4 Å². The molecule has 1 aliphatic heterocycles. The number of halogens is 2. The van der Waals surface area contributed by atoms with Crippen molar-refractivity contribution in [2.24, 2.45) is 0 Å². The van der Waals surface area contributed by atoms with Gasteiger partial charge in [-0.05, 0) is 43.7 Å². The molecule has 3 aromatic rings. The van der Waals surface area contributed by atoms with Gasteiger partial charge in [0.2, 0.25) is 5.91 Å². The van der Waals surface area contributed by atoms with Crippen LogP contribution in [0.5, 0.6) is 11.5 Å². The van der Waals surface area contributed by atoms with Crippen LogP contribution in [0.2, 0.25) is 0 Å². The van der Waals surface area contributed by atoms with Gasteiger partial charge in [-0.3, -0.25) is 9.36 Å². The minimum Gasteiger partial charge on any atom is -0.395 e. The van der Waals surface area contributed by atoms with E-state index in [2.05, 4.69) is 25.0 Å². The van der Waals surface area contributed by atoms with Crippen LogP contribution >= 0.6 is 11.8 Å². The van der Waals surface area contributed by atoms with Crippen molar-refractivity contribution in [2.45, 2.75) is 25.3 Å². The molecule has 0 spiro atoms. The monoisotopic (exact) mass is 418 g/mol. The molecule has 0 aliphatic carbocycles. The smallest absolute Gasteiger partial charge is 0.395 e. The van der Waals surface area contributed by atoms with E-state index in [1.54, 1.807) is 0 Å². The Labute approximate surface area is 169 Å². The van der Waals surface area contributed by atoms with Gasteiger partial charge < -0.3 is 14.8 Å². The summed E-state index contributed by atoms with van der Waals surface area (Å²) in [6.07, 6.45) is -3.70. The van der Waals surface area contributed by atoms with Crippen molar-refractivity contribution < 1.29 is 23.0 Å². The number of aryl methyl sites for hydroxylation is 2. The average molecular weight is 418 g/mol. The third kappa shape index (κ3) is 4.16. The molecule has 1 aromatic heterocycles. The number of thioether (sulfide) groups is 1. The highest BCUT2D eigenvalue weighted by Crippen LogP contribution is 2.42. The third-order valence-electron chi connectivity index (χ3n) is 4.07. The van der Waals surface area contributed by atoms with Crippen molar-refractivity contribution >= 4 is 23.4 Å². The van der Waals surface area contributed by atoms with Gasteiger partial charge in [-0.2, -0.15) is 0 Å². The van der Waals surface area contributed by atoms with Crippen LogP contribution in [0.4, 0.5) is 14.5 Å². The summed E-state index contributed by atoms with van der Waals surface area (Å²) in [5, 5.41) is 11.5. The average Bonchev–Trinajstić information content (AvgIpc) is 3.17. The Bertz CT molecular complexity index is 1090. The summed E-state index contributed by atoms with van der Waals surface area (Å²) in [6.45, 7) is 3.83. The van der Waals surface area contributed by atoms with Crippen LogP contribution in [0, 0.1) is 13.8 Å². The zero-order valence-electron chi connectivity index (χ0n) is 15.5. The molecule has 0 atom stereocenters. The summed E-state index contributed by atoms with van der Waals surface area (Å²) in [5.74, 6) is 0.237. The summed E-state index contributed by atoms with van der Waals surface area (Å²) >= 11 is 1.22. The van der Waals surface area contributed by atoms with Crippen molar-refractivity contribution in [1.82, 2.24) is 14.8 Å². The van der Waals surface area contributed by atoms with E-state index in [9.17, 15) is 13.6 Å². The highest BCUT2D eigenvalue weighted by Gasteiger charge is 2.43. The van der Waals surface area contributed by atoms with E-state index in [1.807, 2.05) is 42.7 Å². The first-order valence-corrected chi connectivity index (χ1v) is 9.61. The van der Waals surface area contributed by atoms with Gasteiger partial charge >= 0.3 is 6.29 Å². The molecule has 0 saturated carbocycles. The fourth-order valence-corrected chi connectivity index (χ4v) is 3.65. The molecule has 2 heterocycles. The summed E-state index contributed by atoms with van der Waals surface area (Å²) < 4.78 is 36.8. The van der Waals surface area contributed by atoms with Crippen LogP contribution < -0.4 is 14.8 Å². The quantitative estimate of drug-likeness (QED) is 0.633. The van der Waals surface area contributed by atoms with Gasteiger partial charge in [0.15, 0.2) is 16.7 Å². The number of nitrogens with zero attached hydrogens (tertiary/aromatic N) is 3. The molecule has 0 bridgehead atoms. The summed E-state index contributed by atoms with van der Waals surface area (Å²) in [4.78, 5) is 12.3. The number of ether oxygens (including phenoxy) is 2. The van der Waals surface area contributed by atoms with Gasteiger partial charge in [-0.15, -0.1) is 19.0 Å². The molecular formula is C19H16F2N4O3S. The Morgan fingerprint density at radius 3 is 2.72 bits per heavy atom. The number of alkyl halides is 2. The van der Waals surface area contributed by atoms with Crippen molar-refractivity contribution in [3.8, 4) is 17.2 Å². The maximum absolute atomic E-state index is 13.1. The predicted octanol–water partition coefficient (Wildman–Crippen LogP) is 3.94. The van der Waals surface area contributed by atoms with Crippen molar-refractivity contribution in [3.63, 3.8) is 0 Å². The minimum absolute atomic E-state index is 0.0640. The zero-order valence-corrected chi connectivity index (χ0v) is 16.3. The summed E-state index contributed by atoms with van der Waals surface area (Å²) in [7, 11) is 0. The Balaban J connectivity index is 1.43. The number of carbonyl (C=O) groups excluding carboxylic acids is 1. The molecule has 29 heavy (non-hydrogen) atoms. The number of fused-ring (bicyclic) bond motifs is 1. The number of nitrogens with one attached hydrogen (secondary N) is 1. The maximum atomic E-state index is 13.1. The minimum atomic E-state index is -3.70. The zero-order chi connectivity index (χ0) is 20.6. The number of hydrogen-bond donors (Lipinski definition) is 1. The first kappa shape index (κ1) is 19.2. The normalized spacial score (nSPS) is 14.1. The van der Waals surface area contributed by atoms with Gasteiger partial charge in [-0.1, -0.05) is 23.9 Å². The van der Waals surface area contributed by atoms with Gasteiger partial charge in [0.05, 0.1) is 5.75 Å². The molecular weight excluding hydrogens is 402 g/mol. The van der Waals surface area contributed by atoms with Gasteiger partial charge in [0.1, 0.15) is 5.82 Å². The number of carbonyl (C=O) groups is 1. The first-order valence-electron chi connectivity index (χ1n) is 8.62. The lowest BCUT2D eigenvalue weighted by Crippen LogP contribution is -2.25. The molecule has 7 nitrogen and oxygen atoms in total. The maximum Gasteiger partial charge on any atom is 0.586 e. The predicted molar refractivity (Wildman–Crippen MR) is 103 cm³/mol. The Morgan fingerprint density at radius 1 is 1.14 bits per heavy atom. The lowest BCUT2D eigenvalue weighted by Gasteiger charge is -2.09. The standard InChI is InChI=1S/C19H16F2N4O3S/c1-11-4-3-5-14(8-11)25-12(2)23-24-18(25)29-10-17(26)22-13-6-7-15-16(9-13)28-19(20,21)27-15/h3-9H,10H2,1-2H3,(H,22,26). The highest BCUT2D eigenvalue weighted by atomic mass is 32.2. The van der Waals surface area contributed by atoms with E-state index in [4.69, 9.17) is 0 Å². The Kier molecular flexibility index (Phi) is 4.87.